The van der Waals surface area contributed by atoms with Crippen LogP contribution < -0.4 is 5.32 Å². The van der Waals surface area contributed by atoms with Gasteiger partial charge in [0.15, 0.2) is 0 Å². The molecule has 62 valence electrons. The van der Waals surface area contributed by atoms with Crippen molar-refractivity contribution < 1.29 is 14.7 Å². The molecular formula is C7H11NO3. The lowest BCUT2D eigenvalue weighted by Gasteiger charge is -2.35. The molecule has 2 N–H and O–H groups in total. The van der Waals surface area contributed by atoms with E-state index in [9.17, 15) is 9.59 Å². The summed E-state index contributed by atoms with van der Waals surface area (Å²) in [5, 5.41) is 11.1. The molecule has 4 nitrogen and oxygen atoms in total. The Morgan fingerprint density at radius 2 is 2.00 bits per heavy atom. The zero-order chi connectivity index (χ0) is 8.48. The van der Waals surface area contributed by atoms with Crippen molar-refractivity contribution in [3.8, 4) is 0 Å². The highest BCUT2D eigenvalue weighted by Crippen LogP contribution is 2.41. The zero-order valence-electron chi connectivity index (χ0n) is 6.39. The highest BCUT2D eigenvalue weighted by atomic mass is 16.4. The molecule has 0 spiro atoms. The standard InChI is InChI=1S/C7H11NO3/c1-8-5(9)7(6(10)11)3-2-4-7/h2-4H2,1H3,(H,8,9)(H,10,11). The maximum atomic E-state index is 11.1. The number of hydrogen-bond acceptors (Lipinski definition) is 2. The summed E-state index contributed by atoms with van der Waals surface area (Å²) in [7, 11) is 1.46. The van der Waals surface area contributed by atoms with Crippen molar-refractivity contribution in [2.24, 2.45) is 5.41 Å². The first-order valence-electron chi connectivity index (χ1n) is 3.59. The molecule has 0 radical (unpaired) electrons. The first-order chi connectivity index (χ1) is 5.13. The maximum Gasteiger partial charge on any atom is 0.319 e. The lowest BCUT2D eigenvalue weighted by molar-refractivity contribution is -0.161. The number of carboxylic acids is 1. The number of aliphatic carboxylic acids is 1. The molecule has 0 bridgehead atoms. The van der Waals surface area contributed by atoms with Gasteiger partial charge in [-0.3, -0.25) is 9.59 Å². The van der Waals surface area contributed by atoms with E-state index in [1.807, 2.05) is 0 Å². The van der Waals surface area contributed by atoms with E-state index in [2.05, 4.69) is 5.32 Å². The third kappa shape index (κ3) is 0.982. The Kier molecular flexibility index (Phi) is 1.85. The van der Waals surface area contributed by atoms with Gasteiger partial charge in [-0.15, -0.1) is 0 Å². The van der Waals surface area contributed by atoms with E-state index in [4.69, 9.17) is 5.11 Å². The topological polar surface area (TPSA) is 66.4 Å². The Balaban J connectivity index is 2.75. The highest BCUT2D eigenvalue weighted by molar-refractivity contribution is 6.02. The fourth-order valence-corrected chi connectivity index (χ4v) is 1.31. The number of amides is 1. The molecule has 0 unspecified atom stereocenters. The number of carbonyl (C=O) groups is 2. The van der Waals surface area contributed by atoms with Gasteiger partial charge in [-0.2, -0.15) is 0 Å². The molecule has 11 heavy (non-hydrogen) atoms. The molecule has 0 atom stereocenters. The van der Waals surface area contributed by atoms with Gasteiger partial charge in [0.2, 0.25) is 5.91 Å². The smallest absolute Gasteiger partial charge is 0.319 e. The number of nitrogens with one attached hydrogen (secondary N) is 1. The van der Waals surface area contributed by atoms with E-state index in [0.29, 0.717) is 12.8 Å². The largest absolute Gasteiger partial charge is 0.480 e. The lowest BCUT2D eigenvalue weighted by atomic mass is 9.68. The molecule has 1 fully saturated rings. The SMILES string of the molecule is CNC(=O)C1(C(=O)O)CCC1. The fraction of sp³-hybridized carbons (Fsp3) is 0.714. The van der Waals surface area contributed by atoms with Crippen molar-refractivity contribution in [3.05, 3.63) is 0 Å². The third-order valence-electron chi connectivity index (χ3n) is 2.28. The van der Waals surface area contributed by atoms with Crippen LogP contribution in [0.3, 0.4) is 0 Å². The molecule has 0 aromatic heterocycles. The molecule has 1 rings (SSSR count). The Hall–Kier alpha value is -1.06. The second kappa shape index (κ2) is 2.53. The number of hydrogen-bond donors (Lipinski definition) is 2. The minimum absolute atomic E-state index is 0.365. The van der Waals surface area contributed by atoms with Gasteiger partial charge in [-0.1, -0.05) is 6.42 Å². The molecule has 0 heterocycles. The summed E-state index contributed by atoms with van der Waals surface area (Å²) in [5.74, 6) is -1.36. The van der Waals surface area contributed by atoms with Crippen LogP contribution in [0.25, 0.3) is 0 Å². The average molecular weight is 157 g/mol. The van der Waals surface area contributed by atoms with Crippen LogP contribution in [0, 0.1) is 5.41 Å². The Morgan fingerprint density at radius 3 is 2.09 bits per heavy atom. The first-order valence-corrected chi connectivity index (χ1v) is 3.59. The summed E-state index contributed by atoms with van der Waals surface area (Å²) < 4.78 is 0. The highest BCUT2D eigenvalue weighted by Gasteiger charge is 2.50. The predicted octanol–water partition coefficient (Wildman–Crippen LogP) is -0.0127. The molecule has 4 heteroatoms. The number of rotatable bonds is 2. The minimum atomic E-state index is -1.10. The number of carbonyl (C=O) groups excluding carboxylic acids is 1. The molecule has 1 saturated carbocycles. The van der Waals surface area contributed by atoms with Crippen LogP contribution in [0.4, 0.5) is 0 Å². The van der Waals surface area contributed by atoms with Gasteiger partial charge in [0.1, 0.15) is 5.41 Å². The average Bonchev–Trinajstić information content (AvgIpc) is 1.84. The van der Waals surface area contributed by atoms with Gasteiger partial charge in [0.05, 0.1) is 0 Å². The second-order valence-electron chi connectivity index (χ2n) is 2.82. The monoisotopic (exact) mass is 157 g/mol. The summed E-state index contributed by atoms with van der Waals surface area (Å²) in [6.45, 7) is 0. The molecule has 0 saturated heterocycles. The molecule has 0 aromatic rings. The van der Waals surface area contributed by atoms with Gasteiger partial charge < -0.3 is 10.4 Å². The molecule has 1 aliphatic rings. The van der Waals surface area contributed by atoms with E-state index >= 15 is 0 Å². The van der Waals surface area contributed by atoms with E-state index in [1.165, 1.54) is 7.05 Å². The van der Waals surface area contributed by atoms with Gasteiger partial charge >= 0.3 is 5.97 Å². The van der Waals surface area contributed by atoms with Crippen molar-refractivity contribution in [2.45, 2.75) is 19.3 Å². The van der Waals surface area contributed by atoms with Crippen LogP contribution in [0.15, 0.2) is 0 Å². The fourth-order valence-electron chi connectivity index (χ4n) is 1.31. The first kappa shape index (κ1) is 8.04. The lowest BCUT2D eigenvalue weighted by Crippen LogP contribution is -2.50. The van der Waals surface area contributed by atoms with Crippen molar-refractivity contribution in [2.75, 3.05) is 7.05 Å². The normalized spacial score (nSPS) is 20.1. The van der Waals surface area contributed by atoms with Crippen LogP contribution in [0.5, 0.6) is 0 Å². The quantitative estimate of drug-likeness (QED) is 0.554. The maximum absolute atomic E-state index is 11.1. The molecule has 1 aliphatic carbocycles. The van der Waals surface area contributed by atoms with Crippen LogP contribution in [-0.2, 0) is 9.59 Å². The van der Waals surface area contributed by atoms with E-state index in [0.717, 1.165) is 6.42 Å². The second-order valence-corrected chi connectivity index (χ2v) is 2.82. The van der Waals surface area contributed by atoms with Crippen LogP contribution >= 0.6 is 0 Å². The van der Waals surface area contributed by atoms with Crippen molar-refractivity contribution in [1.29, 1.82) is 0 Å². The Bertz CT molecular complexity index is 196. The van der Waals surface area contributed by atoms with Crippen LogP contribution in [0.2, 0.25) is 0 Å². The van der Waals surface area contributed by atoms with Gasteiger partial charge in [-0.25, -0.2) is 0 Å². The van der Waals surface area contributed by atoms with Crippen molar-refractivity contribution in [1.82, 2.24) is 5.32 Å². The van der Waals surface area contributed by atoms with E-state index in [-0.39, 0.29) is 5.91 Å². The molecule has 0 aromatic carbocycles. The summed E-state index contributed by atoms with van der Waals surface area (Å²) in [6.07, 6.45) is 1.78. The van der Waals surface area contributed by atoms with E-state index < -0.39 is 11.4 Å². The van der Waals surface area contributed by atoms with Gasteiger partial charge in [0, 0.05) is 7.05 Å². The van der Waals surface area contributed by atoms with Crippen molar-refractivity contribution in [3.63, 3.8) is 0 Å². The van der Waals surface area contributed by atoms with Crippen LogP contribution in [-0.4, -0.2) is 24.0 Å². The molecular weight excluding hydrogens is 146 g/mol. The van der Waals surface area contributed by atoms with E-state index in [1.54, 1.807) is 0 Å². The van der Waals surface area contributed by atoms with Crippen LogP contribution in [0.1, 0.15) is 19.3 Å². The zero-order valence-corrected chi connectivity index (χ0v) is 6.39. The summed E-state index contributed by atoms with van der Waals surface area (Å²) in [6, 6.07) is 0. The number of carboxylic acid groups (broad SMARTS) is 1. The molecule has 0 aliphatic heterocycles. The van der Waals surface area contributed by atoms with Gasteiger partial charge in [0.25, 0.3) is 0 Å². The Labute approximate surface area is 64.6 Å². The Morgan fingerprint density at radius 1 is 1.45 bits per heavy atom. The minimum Gasteiger partial charge on any atom is -0.480 e. The summed E-state index contributed by atoms with van der Waals surface area (Å²) >= 11 is 0. The summed E-state index contributed by atoms with van der Waals surface area (Å²) in [5.41, 5.74) is -1.10. The van der Waals surface area contributed by atoms with Crippen molar-refractivity contribution >= 4 is 11.9 Å². The van der Waals surface area contributed by atoms with Gasteiger partial charge in [-0.05, 0) is 12.8 Å². The molecule has 1 amide bonds. The summed E-state index contributed by atoms with van der Waals surface area (Å²) in [4.78, 5) is 21.7. The third-order valence-corrected chi connectivity index (χ3v) is 2.28. The predicted molar refractivity (Wildman–Crippen MR) is 38.0 cm³/mol.